The summed E-state index contributed by atoms with van der Waals surface area (Å²) in [4.78, 5) is 6.37. The maximum absolute atomic E-state index is 8.99. The van der Waals surface area contributed by atoms with Gasteiger partial charge >= 0.3 is 0 Å². The second kappa shape index (κ2) is 7.16. The van der Waals surface area contributed by atoms with Crippen LogP contribution < -0.4 is 10.6 Å². The van der Waals surface area contributed by atoms with Crippen LogP contribution in [0, 0.1) is 0 Å². The summed E-state index contributed by atoms with van der Waals surface area (Å²) in [5, 5.41) is 8.99. The first-order chi connectivity index (χ1) is 7.81. The molecule has 0 amide bonds. The molecule has 1 aromatic heterocycles. The number of rotatable bonds is 7. The van der Waals surface area contributed by atoms with Gasteiger partial charge in [0.1, 0.15) is 5.82 Å². The summed E-state index contributed by atoms with van der Waals surface area (Å²) < 4.78 is 5.02. The fraction of sp³-hybridized carbons (Fsp3) is 0.545. The van der Waals surface area contributed by atoms with Crippen molar-refractivity contribution in [3.63, 3.8) is 0 Å². The van der Waals surface area contributed by atoms with Crippen LogP contribution in [0.2, 0.25) is 0 Å². The molecule has 0 aliphatic heterocycles. The number of methoxy groups -OCH3 is 1. The summed E-state index contributed by atoms with van der Waals surface area (Å²) in [6.07, 6.45) is 0. The van der Waals surface area contributed by atoms with Crippen LogP contribution in [0.3, 0.4) is 0 Å². The van der Waals surface area contributed by atoms with Crippen molar-refractivity contribution < 1.29 is 9.84 Å². The minimum atomic E-state index is 0.0955. The third kappa shape index (κ3) is 3.77. The van der Waals surface area contributed by atoms with Gasteiger partial charge in [-0.25, -0.2) is 4.98 Å². The molecule has 0 fully saturated rings. The molecule has 0 bridgehead atoms. The Kier molecular flexibility index (Phi) is 5.77. The van der Waals surface area contributed by atoms with E-state index in [4.69, 9.17) is 15.6 Å². The molecule has 0 radical (unpaired) electrons. The average molecular weight is 225 g/mol. The van der Waals surface area contributed by atoms with E-state index in [0.29, 0.717) is 26.2 Å². The molecule has 0 aromatic carbocycles. The Morgan fingerprint density at radius 1 is 1.44 bits per heavy atom. The number of pyridine rings is 1. The van der Waals surface area contributed by atoms with Crippen LogP contribution in [-0.2, 0) is 11.3 Å². The normalized spacial score (nSPS) is 10.4. The van der Waals surface area contributed by atoms with E-state index in [1.165, 1.54) is 0 Å². The maximum Gasteiger partial charge on any atom is 0.129 e. The van der Waals surface area contributed by atoms with Crippen molar-refractivity contribution >= 4 is 5.82 Å². The van der Waals surface area contributed by atoms with Gasteiger partial charge in [0.25, 0.3) is 0 Å². The fourth-order valence-corrected chi connectivity index (χ4v) is 1.42. The first-order valence-corrected chi connectivity index (χ1v) is 5.32. The number of nitrogens with zero attached hydrogens (tertiary/aromatic N) is 2. The number of aromatic nitrogens is 1. The maximum atomic E-state index is 8.99. The van der Waals surface area contributed by atoms with Crippen LogP contribution in [0.15, 0.2) is 18.2 Å². The van der Waals surface area contributed by atoms with Crippen LogP contribution in [-0.4, -0.2) is 43.5 Å². The van der Waals surface area contributed by atoms with Crippen molar-refractivity contribution in [2.45, 2.75) is 6.54 Å². The molecule has 1 aromatic rings. The second-order valence-electron chi connectivity index (χ2n) is 3.39. The van der Waals surface area contributed by atoms with E-state index in [1.54, 1.807) is 7.11 Å². The van der Waals surface area contributed by atoms with E-state index < -0.39 is 0 Å². The lowest BCUT2D eigenvalue weighted by Crippen LogP contribution is -2.31. The van der Waals surface area contributed by atoms with E-state index in [9.17, 15) is 0 Å². The van der Waals surface area contributed by atoms with Gasteiger partial charge in [-0.2, -0.15) is 0 Å². The summed E-state index contributed by atoms with van der Waals surface area (Å²) in [6.45, 7) is 2.38. The Hall–Kier alpha value is -1.17. The Morgan fingerprint density at radius 3 is 2.88 bits per heavy atom. The Bertz CT molecular complexity index is 307. The quantitative estimate of drug-likeness (QED) is 0.682. The molecule has 5 heteroatoms. The highest BCUT2D eigenvalue weighted by molar-refractivity contribution is 5.39. The van der Waals surface area contributed by atoms with E-state index in [2.05, 4.69) is 4.98 Å². The van der Waals surface area contributed by atoms with Gasteiger partial charge in [0.15, 0.2) is 0 Å². The zero-order valence-corrected chi connectivity index (χ0v) is 9.59. The number of hydrogen-bond donors (Lipinski definition) is 2. The summed E-state index contributed by atoms with van der Waals surface area (Å²) in [6, 6.07) is 5.71. The lowest BCUT2D eigenvalue weighted by molar-refractivity contribution is 0.202. The predicted molar refractivity (Wildman–Crippen MR) is 63.3 cm³/mol. The second-order valence-corrected chi connectivity index (χ2v) is 3.39. The Morgan fingerprint density at radius 2 is 2.25 bits per heavy atom. The minimum absolute atomic E-state index is 0.0955. The van der Waals surface area contributed by atoms with Gasteiger partial charge in [-0.3, -0.25) is 0 Å². The van der Waals surface area contributed by atoms with E-state index in [1.807, 2.05) is 23.1 Å². The van der Waals surface area contributed by atoms with Crippen molar-refractivity contribution in [1.29, 1.82) is 0 Å². The van der Waals surface area contributed by atoms with Gasteiger partial charge in [0.2, 0.25) is 0 Å². The van der Waals surface area contributed by atoms with Crippen molar-refractivity contribution in [3.05, 3.63) is 23.9 Å². The lowest BCUT2D eigenvalue weighted by Gasteiger charge is -2.22. The summed E-state index contributed by atoms with van der Waals surface area (Å²) in [7, 11) is 1.65. The van der Waals surface area contributed by atoms with Crippen LogP contribution in [0.1, 0.15) is 5.69 Å². The number of hydrogen-bond acceptors (Lipinski definition) is 5. The van der Waals surface area contributed by atoms with Crippen LogP contribution in [0.25, 0.3) is 0 Å². The smallest absolute Gasteiger partial charge is 0.129 e. The zero-order valence-electron chi connectivity index (χ0n) is 9.59. The minimum Gasteiger partial charge on any atom is -0.395 e. The standard InChI is InChI=1S/C11H19N3O2/c1-16-8-6-14(5-7-15)11-4-2-3-10(9-12)13-11/h2-4,15H,5-9,12H2,1H3. The van der Waals surface area contributed by atoms with Crippen molar-refractivity contribution in [2.24, 2.45) is 5.73 Å². The number of anilines is 1. The predicted octanol–water partition coefficient (Wildman–Crippen LogP) is -0.0146. The largest absolute Gasteiger partial charge is 0.395 e. The Balaban J connectivity index is 2.73. The molecule has 5 nitrogen and oxygen atoms in total. The summed E-state index contributed by atoms with van der Waals surface area (Å²) >= 11 is 0. The molecule has 0 unspecified atom stereocenters. The van der Waals surface area contributed by atoms with E-state index in [-0.39, 0.29) is 6.61 Å². The molecule has 0 spiro atoms. The van der Waals surface area contributed by atoms with E-state index in [0.717, 1.165) is 11.5 Å². The first-order valence-electron chi connectivity index (χ1n) is 5.32. The number of nitrogens with two attached hydrogens (primary N) is 1. The topological polar surface area (TPSA) is 71.6 Å². The van der Waals surface area contributed by atoms with Gasteiger partial charge in [0.05, 0.1) is 18.9 Å². The third-order valence-electron chi connectivity index (χ3n) is 2.26. The summed E-state index contributed by atoms with van der Waals surface area (Å²) in [5.74, 6) is 0.828. The monoisotopic (exact) mass is 225 g/mol. The van der Waals surface area contributed by atoms with Crippen LogP contribution in [0.5, 0.6) is 0 Å². The van der Waals surface area contributed by atoms with Gasteiger partial charge < -0.3 is 20.5 Å². The molecule has 1 heterocycles. The van der Waals surface area contributed by atoms with Gasteiger partial charge in [-0.1, -0.05) is 6.07 Å². The average Bonchev–Trinajstić information content (AvgIpc) is 2.34. The zero-order chi connectivity index (χ0) is 11.8. The molecule has 1 rings (SSSR count). The Labute approximate surface area is 95.8 Å². The molecule has 0 saturated carbocycles. The molecular formula is C11H19N3O2. The molecule has 0 aliphatic rings. The SMILES string of the molecule is COCCN(CCO)c1cccc(CN)n1. The van der Waals surface area contributed by atoms with Gasteiger partial charge in [-0.15, -0.1) is 0 Å². The lowest BCUT2D eigenvalue weighted by atomic mass is 10.3. The molecule has 0 aliphatic carbocycles. The van der Waals surface area contributed by atoms with Crippen LogP contribution in [0.4, 0.5) is 5.82 Å². The molecule has 16 heavy (non-hydrogen) atoms. The highest BCUT2D eigenvalue weighted by atomic mass is 16.5. The van der Waals surface area contributed by atoms with Gasteiger partial charge in [-0.05, 0) is 12.1 Å². The highest BCUT2D eigenvalue weighted by Gasteiger charge is 2.07. The van der Waals surface area contributed by atoms with Crippen molar-refractivity contribution in [1.82, 2.24) is 4.98 Å². The molecule has 90 valence electrons. The van der Waals surface area contributed by atoms with Crippen molar-refractivity contribution in [2.75, 3.05) is 38.3 Å². The summed E-state index contributed by atoms with van der Waals surface area (Å²) in [5.41, 5.74) is 6.38. The highest BCUT2D eigenvalue weighted by Crippen LogP contribution is 2.10. The van der Waals surface area contributed by atoms with Crippen LogP contribution >= 0.6 is 0 Å². The van der Waals surface area contributed by atoms with E-state index >= 15 is 0 Å². The number of aliphatic hydroxyl groups excluding tert-OH is 1. The molecular weight excluding hydrogens is 206 g/mol. The fourth-order valence-electron chi connectivity index (χ4n) is 1.42. The van der Waals surface area contributed by atoms with Crippen molar-refractivity contribution in [3.8, 4) is 0 Å². The molecule has 0 saturated heterocycles. The first kappa shape index (κ1) is 12.9. The third-order valence-corrected chi connectivity index (χ3v) is 2.26. The van der Waals surface area contributed by atoms with Gasteiger partial charge in [0, 0.05) is 26.7 Å². The molecule has 0 atom stereocenters. The number of ether oxygens (including phenoxy) is 1. The number of aliphatic hydroxyl groups is 1. The molecule has 3 N–H and O–H groups in total.